The number of likely N-dealkylation sites (N-methyl/N-ethyl adjacent to an activating group) is 1. The van der Waals surface area contributed by atoms with Crippen LogP contribution in [-0.2, 0) is 5.54 Å². The molecule has 76 valence electrons. The highest BCUT2D eigenvalue weighted by atomic mass is 16.5. The SMILES string of the molecule is CN(C)C1(CN)COc2ccccc21. The number of ether oxygens (including phenoxy) is 1. The Balaban J connectivity index is 2.50. The molecule has 3 nitrogen and oxygen atoms in total. The molecule has 2 rings (SSSR count). The Morgan fingerprint density at radius 2 is 2.14 bits per heavy atom. The van der Waals surface area contributed by atoms with Gasteiger partial charge >= 0.3 is 0 Å². The van der Waals surface area contributed by atoms with Crippen LogP contribution in [0.15, 0.2) is 24.3 Å². The van der Waals surface area contributed by atoms with Gasteiger partial charge in [-0.15, -0.1) is 0 Å². The minimum atomic E-state index is -0.142. The number of rotatable bonds is 2. The summed E-state index contributed by atoms with van der Waals surface area (Å²) in [5.41, 5.74) is 6.92. The number of hydrogen-bond acceptors (Lipinski definition) is 3. The highest BCUT2D eigenvalue weighted by Gasteiger charge is 2.41. The first-order chi connectivity index (χ1) is 6.70. The topological polar surface area (TPSA) is 38.5 Å². The Bertz CT molecular complexity index is 338. The lowest BCUT2D eigenvalue weighted by Gasteiger charge is -2.33. The normalized spacial score (nSPS) is 24.9. The van der Waals surface area contributed by atoms with E-state index in [4.69, 9.17) is 10.5 Å². The predicted molar refractivity (Wildman–Crippen MR) is 56.4 cm³/mol. The second-order valence-electron chi connectivity index (χ2n) is 3.91. The van der Waals surface area contributed by atoms with E-state index >= 15 is 0 Å². The van der Waals surface area contributed by atoms with Crippen LogP contribution in [0.4, 0.5) is 0 Å². The van der Waals surface area contributed by atoms with Crippen molar-refractivity contribution < 1.29 is 4.74 Å². The van der Waals surface area contributed by atoms with Gasteiger partial charge in [-0.3, -0.25) is 4.90 Å². The molecule has 0 spiro atoms. The Kier molecular flexibility index (Phi) is 2.21. The van der Waals surface area contributed by atoms with Crippen molar-refractivity contribution in [3.8, 4) is 5.75 Å². The van der Waals surface area contributed by atoms with Gasteiger partial charge in [-0.25, -0.2) is 0 Å². The Morgan fingerprint density at radius 3 is 2.79 bits per heavy atom. The molecule has 0 radical (unpaired) electrons. The minimum Gasteiger partial charge on any atom is -0.491 e. The van der Waals surface area contributed by atoms with Crippen LogP contribution in [0.25, 0.3) is 0 Å². The maximum absolute atomic E-state index is 5.86. The molecule has 1 atom stereocenters. The fraction of sp³-hybridized carbons (Fsp3) is 0.455. The zero-order chi connectivity index (χ0) is 10.2. The van der Waals surface area contributed by atoms with Crippen molar-refractivity contribution in [2.24, 2.45) is 5.73 Å². The molecule has 0 fully saturated rings. The number of nitrogens with two attached hydrogens (primary N) is 1. The molecule has 0 amide bonds. The highest BCUT2D eigenvalue weighted by Crippen LogP contribution is 2.39. The van der Waals surface area contributed by atoms with Crippen LogP contribution in [0.5, 0.6) is 5.75 Å². The monoisotopic (exact) mass is 192 g/mol. The molecular weight excluding hydrogens is 176 g/mol. The zero-order valence-electron chi connectivity index (χ0n) is 8.66. The van der Waals surface area contributed by atoms with Crippen LogP contribution in [0, 0.1) is 0 Å². The summed E-state index contributed by atoms with van der Waals surface area (Å²) in [7, 11) is 4.08. The summed E-state index contributed by atoms with van der Waals surface area (Å²) in [6.45, 7) is 1.23. The van der Waals surface area contributed by atoms with Gasteiger partial charge in [-0.05, 0) is 20.2 Å². The molecule has 1 aromatic carbocycles. The molecule has 0 saturated carbocycles. The molecule has 2 N–H and O–H groups in total. The van der Waals surface area contributed by atoms with E-state index in [0.717, 1.165) is 5.75 Å². The average molecular weight is 192 g/mol. The Hall–Kier alpha value is -1.06. The summed E-state index contributed by atoms with van der Waals surface area (Å²) in [4.78, 5) is 2.14. The van der Waals surface area contributed by atoms with E-state index < -0.39 is 0 Å². The average Bonchev–Trinajstić information content (AvgIpc) is 2.57. The first-order valence-electron chi connectivity index (χ1n) is 4.80. The number of para-hydroxylation sites is 1. The quantitative estimate of drug-likeness (QED) is 0.753. The van der Waals surface area contributed by atoms with Gasteiger partial charge in [0.2, 0.25) is 0 Å². The lowest BCUT2D eigenvalue weighted by molar-refractivity contribution is 0.120. The summed E-state index contributed by atoms with van der Waals surface area (Å²) in [6, 6.07) is 8.11. The van der Waals surface area contributed by atoms with Crippen molar-refractivity contribution in [2.45, 2.75) is 5.54 Å². The van der Waals surface area contributed by atoms with E-state index in [1.807, 2.05) is 32.3 Å². The number of nitrogens with zero attached hydrogens (tertiary/aromatic N) is 1. The highest BCUT2D eigenvalue weighted by molar-refractivity contribution is 5.43. The maximum atomic E-state index is 5.86. The van der Waals surface area contributed by atoms with E-state index in [0.29, 0.717) is 13.2 Å². The van der Waals surface area contributed by atoms with Crippen LogP contribution >= 0.6 is 0 Å². The second-order valence-corrected chi connectivity index (χ2v) is 3.91. The van der Waals surface area contributed by atoms with Gasteiger partial charge in [-0.2, -0.15) is 0 Å². The lowest BCUT2D eigenvalue weighted by Crippen LogP contribution is -2.48. The van der Waals surface area contributed by atoms with E-state index in [1.165, 1.54) is 5.56 Å². The predicted octanol–water partition coefficient (Wildman–Crippen LogP) is 0.795. The van der Waals surface area contributed by atoms with Crippen molar-refractivity contribution in [1.82, 2.24) is 4.90 Å². The largest absolute Gasteiger partial charge is 0.491 e. The number of hydrogen-bond donors (Lipinski definition) is 1. The van der Waals surface area contributed by atoms with Crippen LogP contribution in [0.1, 0.15) is 5.56 Å². The molecule has 1 unspecified atom stereocenters. The Labute approximate surface area is 84.5 Å². The molecule has 0 bridgehead atoms. The van der Waals surface area contributed by atoms with Gasteiger partial charge < -0.3 is 10.5 Å². The number of fused-ring (bicyclic) bond motifs is 1. The summed E-state index contributed by atoms with van der Waals surface area (Å²) in [5.74, 6) is 0.964. The third-order valence-corrected chi connectivity index (χ3v) is 3.05. The summed E-state index contributed by atoms with van der Waals surface area (Å²) in [6.07, 6.45) is 0. The van der Waals surface area contributed by atoms with Gasteiger partial charge in [0.1, 0.15) is 12.4 Å². The van der Waals surface area contributed by atoms with E-state index in [9.17, 15) is 0 Å². The molecule has 0 saturated heterocycles. The second kappa shape index (κ2) is 3.26. The van der Waals surface area contributed by atoms with Crippen molar-refractivity contribution in [3.05, 3.63) is 29.8 Å². The van der Waals surface area contributed by atoms with E-state index in [1.54, 1.807) is 0 Å². The molecule has 0 aliphatic carbocycles. The summed E-state index contributed by atoms with van der Waals surface area (Å²) < 4.78 is 5.64. The van der Waals surface area contributed by atoms with Crippen LogP contribution in [0.2, 0.25) is 0 Å². The molecule has 3 heteroatoms. The maximum Gasteiger partial charge on any atom is 0.124 e. The van der Waals surface area contributed by atoms with Crippen LogP contribution < -0.4 is 10.5 Å². The van der Waals surface area contributed by atoms with Gasteiger partial charge in [0, 0.05) is 12.1 Å². The van der Waals surface area contributed by atoms with Crippen molar-refractivity contribution >= 4 is 0 Å². The summed E-state index contributed by atoms with van der Waals surface area (Å²) >= 11 is 0. The van der Waals surface area contributed by atoms with E-state index in [2.05, 4.69) is 11.0 Å². The molecule has 1 aliphatic heterocycles. The van der Waals surface area contributed by atoms with Crippen molar-refractivity contribution in [1.29, 1.82) is 0 Å². The molecule has 1 heterocycles. The first-order valence-corrected chi connectivity index (χ1v) is 4.80. The first kappa shape index (κ1) is 9.49. The zero-order valence-corrected chi connectivity index (χ0v) is 8.66. The fourth-order valence-electron chi connectivity index (χ4n) is 1.97. The van der Waals surface area contributed by atoms with Crippen LogP contribution in [0.3, 0.4) is 0 Å². The third-order valence-electron chi connectivity index (χ3n) is 3.05. The fourth-order valence-corrected chi connectivity index (χ4v) is 1.97. The van der Waals surface area contributed by atoms with Gasteiger partial charge in [0.15, 0.2) is 0 Å². The van der Waals surface area contributed by atoms with E-state index in [-0.39, 0.29) is 5.54 Å². The standard InChI is InChI=1S/C11H16N2O/c1-13(2)11(7-12)8-14-10-6-4-3-5-9(10)11/h3-6H,7-8,12H2,1-2H3. The third kappa shape index (κ3) is 1.13. The summed E-state index contributed by atoms with van der Waals surface area (Å²) in [5, 5.41) is 0. The van der Waals surface area contributed by atoms with Gasteiger partial charge in [0.05, 0.1) is 5.54 Å². The number of benzene rings is 1. The molecule has 14 heavy (non-hydrogen) atoms. The molecular formula is C11H16N2O. The molecule has 1 aliphatic rings. The minimum absolute atomic E-state index is 0.142. The lowest BCUT2D eigenvalue weighted by atomic mass is 9.91. The molecule has 1 aromatic rings. The van der Waals surface area contributed by atoms with Crippen LogP contribution in [-0.4, -0.2) is 32.1 Å². The van der Waals surface area contributed by atoms with Gasteiger partial charge in [-0.1, -0.05) is 18.2 Å². The van der Waals surface area contributed by atoms with Crippen molar-refractivity contribution in [3.63, 3.8) is 0 Å². The van der Waals surface area contributed by atoms with Gasteiger partial charge in [0.25, 0.3) is 0 Å². The smallest absolute Gasteiger partial charge is 0.124 e. The Morgan fingerprint density at radius 1 is 1.43 bits per heavy atom. The van der Waals surface area contributed by atoms with Crippen molar-refractivity contribution in [2.75, 3.05) is 27.2 Å². The molecule has 0 aromatic heterocycles.